The SMILES string of the molecule is CCCCCC(CCCCN)N(CCN)CCCCN. The van der Waals surface area contributed by atoms with E-state index in [2.05, 4.69) is 11.8 Å². The molecule has 0 aromatic heterocycles. The van der Waals surface area contributed by atoms with Crippen molar-refractivity contribution >= 4 is 0 Å². The average Bonchev–Trinajstić information content (AvgIpc) is 2.45. The summed E-state index contributed by atoms with van der Waals surface area (Å²) in [6.07, 6.45) is 11.2. The van der Waals surface area contributed by atoms with Gasteiger partial charge < -0.3 is 17.2 Å². The molecule has 0 rings (SSSR count). The largest absolute Gasteiger partial charge is 0.330 e. The highest BCUT2D eigenvalue weighted by molar-refractivity contribution is 4.73. The van der Waals surface area contributed by atoms with Gasteiger partial charge in [-0.1, -0.05) is 32.6 Å². The van der Waals surface area contributed by atoms with Gasteiger partial charge in [-0.15, -0.1) is 0 Å². The van der Waals surface area contributed by atoms with E-state index in [0.29, 0.717) is 6.04 Å². The third-order valence-electron chi connectivity index (χ3n) is 3.96. The summed E-state index contributed by atoms with van der Waals surface area (Å²) in [5.41, 5.74) is 17.0. The third-order valence-corrected chi connectivity index (χ3v) is 3.96. The summed E-state index contributed by atoms with van der Waals surface area (Å²) in [7, 11) is 0. The summed E-state index contributed by atoms with van der Waals surface area (Å²) >= 11 is 0. The molecule has 1 unspecified atom stereocenters. The summed E-state index contributed by atoms with van der Waals surface area (Å²) in [5, 5.41) is 0. The molecule has 0 bridgehead atoms. The molecule has 0 aromatic rings. The van der Waals surface area contributed by atoms with Gasteiger partial charge in [0.1, 0.15) is 0 Å². The van der Waals surface area contributed by atoms with Crippen LogP contribution in [0.1, 0.15) is 64.7 Å². The van der Waals surface area contributed by atoms with Crippen molar-refractivity contribution in [3.05, 3.63) is 0 Å². The van der Waals surface area contributed by atoms with Crippen molar-refractivity contribution < 1.29 is 0 Å². The predicted octanol–water partition coefficient (Wildman–Crippen LogP) is 2.06. The Morgan fingerprint density at radius 1 is 0.700 bits per heavy atom. The van der Waals surface area contributed by atoms with E-state index in [0.717, 1.165) is 45.6 Å². The molecule has 4 nitrogen and oxygen atoms in total. The Balaban J connectivity index is 4.27. The summed E-state index contributed by atoms with van der Waals surface area (Å²) in [6.45, 7) is 6.79. The molecule has 0 aliphatic heterocycles. The monoisotopic (exact) mass is 286 g/mol. The molecule has 6 N–H and O–H groups in total. The first kappa shape index (κ1) is 19.8. The van der Waals surface area contributed by atoms with Crippen molar-refractivity contribution in [1.82, 2.24) is 4.90 Å². The Morgan fingerprint density at radius 2 is 1.30 bits per heavy atom. The number of nitrogens with zero attached hydrogens (tertiary/aromatic N) is 1. The van der Waals surface area contributed by atoms with Crippen LogP contribution in [-0.2, 0) is 0 Å². The topological polar surface area (TPSA) is 81.3 Å². The normalized spacial score (nSPS) is 13.1. The summed E-state index contributed by atoms with van der Waals surface area (Å²) in [4.78, 5) is 2.60. The van der Waals surface area contributed by atoms with Gasteiger partial charge in [0.2, 0.25) is 0 Å². The highest BCUT2D eigenvalue weighted by Crippen LogP contribution is 2.17. The standard InChI is InChI=1S/C16H38N4/c1-2-3-4-9-16(10-5-6-11-17)20(15-13-19)14-8-7-12-18/h16H,2-15,17-19H2,1H3. The molecule has 0 saturated carbocycles. The van der Waals surface area contributed by atoms with Crippen LogP contribution in [-0.4, -0.2) is 43.7 Å². The van der Waals surface area contributed by atoms with Crippen LogP contribution in [0.2, 0.25) is 0 Å². The minimum absolute atomic E-state index is 0.689. The molecule has 0 aliphatic rings. The number of nitrogens with two attached hydrogens (primary N) is 3. The Morgan fingerprint density at radius 3 is 1.85 bits per heavy atom. The fourth-order valence-electron chi connectivity index (χ4n) is 2.77. The maximum absolute atomic E-state index is 5.79. The fraction of sp³-hybridized carbons (Fsp3) is 1.00. The van der Waals surface area contributed by atoms with Gasteiger partial charge in [-0.25, -0.2) is 0 Å². The Bertz CT molecular complexity index is 177. The molecule has 4 heteroatoms. The zero-order chi connectivity index (χ0) is 15.1. The van der Waals surface area contributed by atoms with Crippen molar-refractivity contribution in [2.24, 2.45) is 17.2 Å². The summed E-state index contributed by atoms with van der Waals surface area (Å²) in [5.74, 6) is 0. The van der Waals surface area contributed by atoms with E-state index in [1.807, 2.05) is 0 Å². The van der Waals surface area contributed by atoms with Crippen LogP contribution >= 0.6 is 0 Å². The predicted molar refractivity (Wildman–Crippen MR) is 89.8 cm³/mol. The number of unbranched alkanes of at least 4 members (excludes halogenated alkanes) is 4. The van der Waals surface area contributed by atoms with E-state index >= 15 is 0 Å². The van der Waals surface area contributed by atoms with Crippen LogP contribution in [0.15, 0.2) is 0 Å². The number of hydrogen-bond acceptors (Lipinski definition) is 4. The minimum Gasteiger partial charge on any atom is -0.330 e. The van der Waals surface area contributed by atoms with E-state index in [9.17, 15) is 0 Å². The van der Waals surface area contributed by atoms with Crippen molar-refractivity contribution in [3.63, 3.8) is 0 Å². The molecule has 0 radical (unpaired) electrons. The van der Waals surface area contributed by atoms with Gasteiger partial charge in [-0.05, 0) is 51.7 Å². The van der Waals surface area contributed by atoms with Crippen molar-refractivity contribution in [2.75, 3.05) is 32.7 Å². The lowest BCUT2D eigenvalue weighted by Crippen LogP contribution is -2.39. The molecule has 0 saturated heterocycles. The zero-order valence-corrected chi connectivity index (χ0v) is 13.7. The number of rotatable bonds is 15. The van der Waals surface area contributed by atoms with Gasteiger partial charge in [0.05, 0.1) is 0 Å². The van der Waals surface area contributed by atoms with E-state index in [1.54, 1.807) is 0 Å². The highest BCUT2D eigenvalue weighted by atomic mass is 15.2. The van der Waals surface area contributed by atoms with Crippen LogP contribution in [0.5, 0.6) is 0 Å². The van der Waals surface area contributed by atoms with Crippen LogP contribution in [0, 0.1) is 0 Å². The maximum atomic E-state index is 5.79. The third kappa shape index (κ3) is 10.6. The van der Waals surface area contributed by atoms with Gasteiger partial charge >= 0.3 is 0 Å². The molecule has 0 amide bonds. The molecule has 20 heavy (non-hydrogen) atoms. The molecule has 0 fully saturated rings. The van der Waals surface area contributed by atoms with E-state index in [-0.39, 0.29) is 0 Å². The average molecular weight is 287 g/mol. The van der Waals surface area contributed by atoms with Crippen LogP contribution in [0.25, 0.3) is 0 Å². The molecule has 122 valence electrons. The minimum atomic E-state index is 0.689. The van der Waals surface area contributed by atoms with E-state index in [4.69, 9.17) is 17.2 Å². The molecular weight excluding hydrogens is 248 g/mol. The molecule has 0 aromatic carbocycles. The molecule has 0 heterocycles. The van der Waals surface area contributed by atoms with Crippen LogP contribution < -0.4 is 17.2 Å². The molecular formula is C16H38N4. The molecule has 0 spiro atoms. The second kappa shape index (κ2) is 15.2. The Hall–Kier alpha value is -0.160. The highest BCUT2D eigenvalue weighted by Gasteiger charge is 2.16. The maximum Gasteiger partial charge on any atom is 0.0108 e. The zero-order valence-electron chi connectivity index (χ0n) is 13.7. The lowest BCUT2D eigenvalue weighted by Gasteiger charge is -2.32. The van der Waals surface area contributed by atoms with Crippen molar-refractivity contribution in [1.29, 1.82) is 0 Å². The van der Waals surface area contributed by atoms with Crippen LogP contribution in [0.3, 0.4) is 0 Å². The first-order chi connectivity index (χ1) is 9.79. The molecule has 0 aliphatic carbocycles. The van der Waals surface area contributed by atoms with Crippen molar-refractivity contribution in [2.45, 2.75) is 70.8 Å². The Labute approximate surface area is 126 Å². The van der Waals surface area contributed by atoms with Crippen molar-refractivity contribution in [3.8, 4) is 0 Å². The smallest absolute Gasteiger partial charge is 0.0108 e. The van der Waals surface area contributed by atoms with E-state index < -0.39 is 0 Å². The second-order valence-electron chi connectivity index (χ2n) is 5.75. The van der Waals surface area contributed by atoms with Gasteiger partial charge in [-0.3, -0.25) is 4.90 Å². The lowest BCUT2D eigenvalue weighted by molar-refractivity contribution is 0.172. The lowest BCUT2D eigenvalue weighted by atomic mass is 10.0. The van der Waals surface area contributed by atoms with E-state index in [1.165, 1.54) is 44.9 Å². The second-order valence-corrected chi connectivity index (χ2v) is 5.75. The first-order valence-electron chi connectivity index (χ1n) is 8.64. The van der Waals surface area contributed by atoms with Gasteiger partial charge in [0.15, 0.2) is 0 Å². The van der Waals surface area contributed by atoms with Gasteiger partial charge in [0, 0.05) is 19.1 Å². The Kier molecular flexibility index (Phi) is 15.1. The fourth-order valence-corrected chi connectivity index (χ4v) is 2.77. The van der Waals surface area contributed by atoms with Gasteiger partial charge in [-0.2, -0.15) is 0 Å². The quantitative estimate of drug-likeness (QED) is 0.403. The number of hydrogen-bond donors (Lipinski definition) is 3. The molecule has 1 atom stereocenters. The van der Waals surface area contributed by atoms with Gasteiger partial charge in [0.25, 0.3) is 0 Å². The summed E-state index contributed by atoms with van der Waals surface area (Å²) in [6, 6.07) is 0.689. The first-order valence-corrected chi connectivity index (χ1v) is 8.64. The van der Waals surface area contributed by atoms with Crippen LogP contribution in [0.4, 0.5) is 0 Å². The summed E-state index contributed by atoms with van der Waals surface area (Å²) < 4.78 is 0.